The van der Waals surface area contributed by atoms with Gasteiger partial charge in [-0.1, -0.05) is 0 Å². The molecule has 0 bridgehead atoms. The quantitative estimate of drug-likeness (QED) is 0.833. The minimum Gasteiger partial charge on any atom is -0.391 e. The number of hydrogen-bond acceptors (Lipinski definition) is 2. The fourth-order valence-electron chi connectivity index (χ4n) is 2.24. The maximum absolute atomic E-state index is 13.6. The zero-order valence-corrected chi connectivity index (χ0v) is 10.3. The number of halogens is 2. The maximum Gasteiger partial charge on any atom is 0.257 e. The zero-order chi connectivity index (χ0) is 13.5. The van der Waals surface area contributed by atoms with Crippen molar-refractivity contribution in [1.82, 2.24) is 4.90 Å². The van der Waals surface area contributed by atoms with Crippen LogP contribution in [0.1, 0.15) is 30.6 Å². The van der Waals surface area contributed by atoms with Gasteiger partial charge in [0.15, 0.2) is 0 Å². The SMILES string of the molecule is CC1(C)C(O)CCN1C(=O)c1ccc(F)cc1F. The zero-order valence-electron chi connectivity index (χ0n) is 10.3. The highest BCUT2D eigenvalue weighted by atomic mass is 19.1. The van der Waals surface area contributed by atoms with Crippen molar-refractivity contribution in [3.63, 3.8) is 0 Å². The number of aliphatic hydroxyl groups is 1. The van der Waals surface area contributed by atoms with Crippen LogP contribution in [0.4, 0.5) is 8.78 Å². The van der Waals surface area contributed by atoms with Gasteiger partial charge in [-0.2, -0.15) is 0 Å². The van der Waals surface area contributed by atoms with E-state index in [1.165, 1.54) is 4.90 Å². The Morgan fingerprint density at radius 1 is 1.44 bits per heavy atom. The Kier molecular flexibility index (Phi) is 3.11. The van der Waals surface area contributed by atoms with Crippen molar-refractivity contribution in [2.75, 3.05) is 6.54 Å². The second kappa shape index (κ2) is 4.31. The summed E-state index contributed by atoms with van der Waals surface area (Å²) in [7, 11) is 0. The Balaban J connectivity index is 2.32. The highest BCUT2D eigenvalue weighted by molar-refractivity contribution is 5.95. The molecule has 1 amide bonds. The number of hydrogen-bond donors (Lipinski definition) is 1. The average Bonchev–Trinajstić information content (AvgIpc) is 2.53. The monoisotopic (exact) mass is 255 g/mol. The number of benzene rings is 1. The van der Waals surface area contributed by atoms with Gasteiger partial charge in [-0.3, -0.25) is 4.79 Å². The first-order chi connectivity index (χ1) is 8.34. The van der Waals surface area contributed by atoms with E-state index in [0.29, 0.717) is 19.0 Å². The van der Waals surface area contributed by atoms with E-state index in [1.54, 1.807) is 13.8 Å². The van der Waals surface area contributed by atoms with Crippen molar-refractivity contribution in [1.29, 1.82) is 0 Å². The molecule has 1 aliphatic heterocycles. The van der Waals surface area contributed by atoms with E-state index >= 15 is 0 Å². The van der Waals surface area contributed by atoms with Crippen LogP contribution in [0.5, 0.6) is 0 Å². The molecule has 1 aromatic rings. The molecule has 98 valence electrons. The van der Waals surface area contributed by atoms with Crippen LogP contribution in [-0.4, -0.2) is 34.1 Å². The second-order valence-corrected chi connectivity index (χ2v) is 5.04. The third-order valence-electron chi connectivity index (χ3n) is 3.54. The molecule has 1 aromatic carbocycles. The van der Waals surface area contributed by atoms with Gasteiger partial charge in [-0.05, 0) is 32.4 Å². The van der Waals surface area contributed by atoms with Gasteiger partial charge >= 0.3 is 0 Å². The van der Waals surface area contributed by atoms with Gasteiger partial charge in [0.25, 0.3) is 5.91 Å². The highest BCUT2D eigenvalue weighted by Gasteiger charge is 2.43. The molecule has 3 nitrogen and oxygen atoms in total. The molecule has 1 aliphatic rings. The molecule has 0 spiro atoms. The van der Waals surface area contributed by atoms with E-state index in [-0.39, 0.29) is 5.56 Å². The molecular weight excluding hydrogens is 240 g/mol. The van der Waals surface area contributed by atoms with Crippen molar-refractivity contribution >= 4 is 5.91 Å². The van der Waals surface area contributed by atoms with Crippen LogP contribution in [0.25, 0.3) is 0 Å². The molecule has 1 unspecified atom stereocenters. The van der Waals surface area contributed by atoms with Crippen LogP contribution in [0.2, 0.25) is 0 Å². The van der Waals surface area contributed by atoms with Crippen LogP contribution in [0.3, 0.4) is 0 Å². The molecule has 0 radical (unpaired) electrons. The van der Waals surface area contributed by atoms with Crippen molar-refractivity contribution < 1.29 is 18.7 Å². The molecule has 1 heterocycles. The molecule has 2 rings (SSSR count). The standard InChI is InChI=1S/C13H15F2NO2/c1-13(2)11(17)5-6-16(13)12(18)9-4-3-8(14)7-10(9)15/h3-4,7,11,17H,5-6H2,1-2H3. The van der Waals surface area contributed by atoms with Crippen molar-refractivity contribution in [3.8, 4) is 0 Å². The third kappa shape index (κ3) is 1.99. The molecule has 1 atom stereocenters. The van der Waals surface area contributed by atoms with Crippen molar-refractivity contribution in [2.45, 2.75) is 31.9 Å². The summed E-state index contributed by atoms with van der Waals surface area (Å²) in [6.07, 6.45) is -0.174. The molecule has 0 saturated carbocycles. The van der Waals surface area contributed by atoms with Gasteiger partial charge in [0.1, 0.15) is 11.6 Å². The predicted octanol–water partition coefficient (Wildman–Crippen LogP) is 1.95. The summed E-state index contributed by atoms with van der Waals surface area (Å²) in [4.78, 5) is 13.6. The summed E-state index contributed by atoms with van der Waals surface area (Å²) >= 11 is 0. The lowest BCUT2D eigenvalue weighted by molar-refractivity contribution is 0.0390. The van der Waals surface area contributed by atoms with Gasteiger partial charge in [0.05, 0.1) is 17.2 Å². The van der Waals surface area contributed by atoms with Gasteiger partial charge in [0.2, 0.25) is 0 Å². The number of rotatable bonds is 1. The Hall–Kier alpha value is -1.49. The molecule has 0 aliphatic carbocycles. The molecule has 1 saturated heterocycles. The molecular formula is C13H15F2NO2. The lowest BCUT2D eigenvalue weighted by Crippen LogP contribution is -2.48. The van der Waals surface area contributed by atoms with E-state index in [4.69, 9.17) is 0 Å². The number of amides is 1. The smallest absolute Gasteiger partial charge is 0.257 e. The summed E-state index contributed by atoms with van der Waals surface area (Å²) < 4.78 is 26.4. The Morgan fingerprint density at radius 3 is 2.61 bits per heavy atom. The van der Waals surface area contributed by atoms with Gasteiger partial charge in [-0.25, -0.2) is 8.78 Å². The largest absolute Gasteiger partial charge is 0.391 e. The second-order valence-electron chi connectivity index (χ2n) is 5.04. The Bertz CT molecular complexity index is 488. The first-order valence-corrected chi connectivity index (χ1v) is 5.79. The Morgan fingerprint density at radius 2 is 2.11 bits per heavy atom. The number of aliphatic hydroxyl groups excluding tert-OH is 1. The Labute approximate surface area is 104 Å². The lowest BCUT2D eigenvalue weighted by Gasteiger charge is -2.33. The summed E-state index contributed by atoms with van der Waals surface area (Å²) in [5, 5.41) is 9.79. The summed E-state index contributed by atoms with van der Waals surface area (Å²) in [6.45, 7) is 3.82. The predicted molar refractivity (Wildman–Crippen MR) is 62.1 cm³/mol. The number of carbonyl (C=O) groups is 1. The fourth-order valence-corrected chi connectivity index (χ4v) is 2.24. The minimum atomic E-state index is -0.878. The number of nitrogens with zero attached hydrogens (tertiary/aromatic N) is 1. The average molecular weight is 255 g/mol. The highest BCUT2D eigenvalue weighted by Crippen LogP contribution is 2.30. The minimum absolute atomic E-state index is 0.168. The van der Waals surface area contributed by atoms with Crippen LogP contribution in [-0.2, 0) is 0 Å². The van der Waals surface area contributed by atoms with Crippen molar-refractivity contribution in [2.24, 2.45) is 0 Å². The molecule has 1 N–H and O–H groups in total. The fraction of sp³-hybridized carbons (Fsp3) is 0.462. The van der Waals surface area contributed by atoms with Crippen LogP contribution in [0.15, 0.2) is 18.2 Å². The van der Waals surface area contributed by atoms with Gasteiger partial charge < -0.3 is 10.0 Å². The van der Waals surface area contributed by atoms with Crippen molar-refractivity contribution in [3.05, 3.63) is 35.4 Å². The number of likely N-dealkylation sites (tertiary alicyclic amines) is 1. The summed E-state index contributed by atoms with van der Waals surface area (Å²) in [5.74, 6) is -2.11. The summed E-state index contributed by atoms with van der Waals surface area (Å²) in [6, 6.07) is 2.87. The van der Waals surface area contributed by atoms with Crippen LogP contribution >= 0.6 is 0 Å². The van der Waals surface area contributed by atoms with E-state index in [9.17, 15) is 18.7 Å². The molecule has 5 heteroatoms. The maximum atomic E-state index is 13.6. The molecule has 18 heavy (non-hydrogen) atoms. The summed E-state index contributed by atoms with van der Waals surface area (Å²) in [5.41, 5.74) is -0.906. The van der Waals surface area contributed by atoms with Crippen LogP contribution < -0.4 is 0 Å². The molecule has 1 fully saturated rings. The van der Waals surface area contributed by atoms with E-state index in [2.05, 4.69) is 0 Å². The normalized spacial score (nSPS) is 22.3. The first kappa shape index (κ1) is 13.0. The molecule has 0 aromatic heterocycles. The van der Waals surface area contributed by atoms with E-state index in [0.717, 1.165) is 12.1 Å². The van der Waals surface area contributed by atoms with Gasteiger partial charge in [0, 0.05) is 12.6 Å². The lowest BCUT2D eigenvalue weighted by atomic mass is 9.98. The van der Waals surface area contributed by atoms with Gasteiger partial charge in [-0.15, -0.1) is 0 Å². The third-order valence-corrected chi connectivity index (χ3v) is 3.54. The van der Waals surface area contributed by atoms with E-state index < -0.39 is 29.2 Å². The topological polar surface area (TPSA) is 40.5 Å². The first-order valence-electron chi connectivity index (χ1n) is 5.79. The van der Waals surface area contributed by atoms with Crippen LogP contribution in [0, 0.1) is 11.6 Å². The number of carbonyl (C=O) groups excluding carboxylic acids is 1. The van der Waals surface area contributed by atoms with E-state index in [1.807, 2.05) is 0 Å².